The molecule has 0 aromatic rings. The molecule has 4 heterocycles. The van der Waals surface area contributed by atoms with E-state index in [1.807, 2.05) is 150 Å². The van der Waals surface area contributed by atoms with Gasteiger partial charge in [-0.25, -0.2) is 0 Å². The van der Waals surface area contributed by atoms with E-state index >= 15 is 0 Å². The molecule has 0 radical (unpaired) electrons. The fourth-order valence-corrected chi connectivity index (χ4v) is 14.5. The maximum Gasteiger partial charge on any atom is 0.233 e. The molecule has 90 heavy (non-hydrogen) atoms. The molecule has 4 aliphatic heterocycles. The molecule has 4 rings (SSSR count). The molecule has 4 saturated heterocycles. The number of nitrogens with zero attached hydrogens (tertiary/aromatic N) is 4. The van der Waals surface area contributed by atoms with Crippen LogP contribution < -0.4 is 0 Å². The molecular weight excluding hydrogens is 1220 g/mol. The second-order valence-electron chi connectivity index (χ2n) is 28.3. The van der Waals surface area contributed by atoms with E-state index in [0.717, 1.165) is 43.8 Å². The predicted octanol–water partition coefficient (Wildman–Crippen LogP) is 13.9. The molecule has 4 aliphatic rings. The Morgan fingerprint density at radius 2 is 0.689 bits per heavy atom. The molecule has 0 spiro atoms. The highest BCUT2D eigenvalue weighted by atomic mass is 33.1. The van der Waals surface area contributed by atoms with Crippen molar-refractivity contribution in [1.82, 2.24) is 19.6 Å². The van der Waals surface area contributed by atoms with Crippen molar-refractivity contribution in [3.63, 3.8) is 0 Å². The third kappa shape index (κ3) is 39.6. The van der Waals surface area contributed by atoms with E-state index in [0.29, 0.717) is 81.7 Å². The van der Waals surface area contributed by atoms with Crippen molar-refractivity contribution in [2.45, 2.75) is 327 Å². The third-order valence-corrected chi connectivity index (χ3v) is 19.9. The van der Waals surface area contributed by atoms with Gasteiger partial charge in [0.25, 0.3) is 0 Å². The molecule has 17 nitrogen and oxygen atoms in total. The van der Waals surface area contributed by atoms with Crippen LogP contribution in [0, 0.1) is 17.8 Å². The summed E-state index contributed by atoms with van der Waals surface area (Å²) < 4.78 is 46.5. The summed E-state index contributed by atoms with van der Waals surface area (Å²) in [7, 11) is 6.90. The standard InChI is InChI=1S/C19H37NO3S2.C17H31NO4.C17H33NO3.C16H31NO3S2/c1-14(2)8-7-9-24-25-13-19(21)20-11-18(23-16(5)6)10-17(20)12-22-15(3)4;1-11(2)16(19)8-17(20)18-9-15(22-13(5)6)7-14(18)10-21-12(3)4;1-12(2)7-8-17(19)18-10-16(21-14(5)6)9-15(18)11-20-13(3)4;1-11(2)19-9-14-7-15(20-12(3)4)8-17(14)16(18)10-21-22-13(5)6/h14-18H,7-13H2,1-6H3;11-15H,7-10H2,1-6H3;12-16H,7-11H2,1-6H3;11-15H,7-10H2,1-6H3/t17-,18+;14-,15+;15-,16+;14-,15+/m0000/s1. The minimum absolute atomic E-state index is 0.00128. The maximum atomic E-state index is 12.7. The smallest absolute Gasteiger partial charge is 0.233 e. The largest absolute Gasteiger partial charge is 0.377 e. The van der Waals surface area contributed by atoms with E-state index in [1.165, 1.54) is 12.8 Å². The van der Waals surface area contributed by atoms with E-state index in [2.05, 4.69) is 41.5 Å². The zero-order chi connectivity index (χ0) is 68.4. The van der Waals surface area contributed by atoms with Crippen molar-refractivity contribution < 1.29 is 61.9 Å². The van der Waals surface area contributed by atoms with Gasteiger partial charge in [-0.1, -0.05) is 105 Å². The first kappa shape index (κ1) is 86.6. The first-order chi connectivity index (χ1) is 42.1. The minimum atomic E-state index is -0.111. The summed E-state index contributed by atoms with van der Waals surface area (Å²) in [4.78, 5) is 69.6. The summed E-state index contributed by atoms with van der Waals surface area (Å²) in [6.45, 7) is 54.1. The van der Waals surface area contributed by atoms with Crippen LogP contribution in [0.5, 0.6) is 0 Å². The van der Waals surface area contributed by atoms with Crippen molar-refractivity contribution in [2.24, 2.45) is 17.8 Å². The van der Waals surface area contributed by atoms with Crippen LogP contribution in [0.2, 0.25) is 0 Å². The van der Waals surface area contributed by atoms with Crippen molar-refractivity contribution >= 4 is 72.6 Å². The molecule has 0 bridgehead atoms. The molecule has 0 N–H and O–H groups in total. The van der Waals surface area contributed by atoms with Crippen LogP contribution >= 0.6 is 43.2 Å². The quantitative estimate of drug-likeness (QED) is 0.0326. The lowest BCUT2D eigenvalue weighted by atomic mass is 10.1. The Morgan fingerprint density at radius 1 is 0.378 bits per heavy atom. The molecule has 21 heteroatoms. The number of ether oxygens (including phenoxy) is 8. The number of Topliss-reactive ketones (excluding diaryl/α,β-unsaturated/α-hetero) is 1. The molecule has 4 fully saturated rings. The summed E-state index contributed by atoms with van der Waals surface area (Å²) in [5.41, 5.74) is 0. The molecule has 0 aromatic heterocycles. The van der Waals surface area contributed by atoms with Crippen molar-refractivity contribution in [3.05, 3.63) is 0 Å². The van der Waals surface area contributed by atoms with Gasteiger partial charge in [0.2, 0.25) is 23.6 Å². The van der Waals surface area contributed by atoms with Crippen LogP contribution in [0.1, 0.15) is 224 Å². The van der Waals surface area contributed by atoms with E-state index in [-0.39, 0.29) is 139 Å². The highest BCUT2D eigenvalue weighted by Gasteiger charge is 2.40. The van der Waals surface area contributed by atoms with Gasteiger partial charge in [0, 0.05) is 49.5 Å². The first-order valence-electron chi connectivity index (χ1n) is 34.4. The van der Waals surface area contributed by atoms with Gasteiger partial charge in [0.05, 0.1) is 142 Å². The Kier molecular flexibility index (Phi) is 45.8. The topological polar surface area (TPSA) is 172 Å². The number of carbonyl (C=O) groups excluding carboxylic acids is 5. The highest BCUT2D eigenvalue weighted by Crippen LogP contribution is 2.31. The molecule has 530 valence electrons. The first-order valence-corrected chi connectivity index (χ1v) is 39.3. The number of likely N-dealkylation sites (tertiary alicyclic amines) is 4. The third-order valence-electron chi connectivity index (χ3n) is 14.8. The lowest BCUT2D eigenvalue weighted by Crippen LogP contribution is -2.40. The average molecular weight is 1350 g/mol. The van der Waals surface area contributed by atoms with E-state index < -0.39 is 0 Å². The van der Waals surface area contributed by atoms with Gasteiger partial charge in [-0.05, 0) is 161 Å². The van der Waals surface area contributed by atoms with Gasteiger partial charge in [0.1, 0.15) is 5.78 Å². The number of ketones is 1. The Morgan fingerprint density at radius 3 is 0.978 bits per heavy atom. The Hall–Kier alpha value is -1.37. The lowest BCUT2D eigenvalue weighted by molar-refractivity contribution is -0.138. The minimum Gasteiger partial charge on any atom is -0.377 e. The molecular formula is C69H132N4O13S4. The monoisotopic (exact) mass is 1350 g/mol. The highest BCUT2D eigenvalue weighted by molar-refractivity contribution is 8.77. The molecule has 0 aliphatic carbocycles. The number of amides is 4. The van der Waals surface area contributed by atoms with Crippen LogP contribution in [0.15, 0.2) is 0 Å². The number of hydrogen-bond donors (Lipinski definition) is 0. The number of carbonyl (C=O) groups is 5. The Balaban J connectivity index is 0.000000601. The summed E-state index contributed by atoms with van der Waals surface area (Å²) in [6, 6.07) is 0.447. The normalized spacial score (nSPS) is 22.0. The van der Waals surface area contributed by atoms with Gasteiger partial charge in [-0.15, -0.1) is 0 Å². The van der Waals surface area contributed by atoms with Gasteiger partial charge < -0.3 is 57.5 Å². The Bertz CT molecular complexity index is 1950. The van der Waals surface area contributed by atoms with Crippen LogP contribution in [-0.2, 0) is 61.9 Å². The lowest BCUT2D eigenvalue weighted by Gasteiger charge is -2.25. The van der Waals surface area contributed by atoms with Crippen LogP contribution in [0.25, 0.3) is 0 Å². The zero-order valence-electron chi connectivity index (χ0n) is 60.9. The maximum absolute atomic E-state index is 12.7. The molecule has 0 aromatic carbocycles. The van der Waals surface area contributed by atoms with E-state index in [9.17, 15) is 24.0 Å². The zero-order valence-corrected chi connectivity index (χ0v) is 64.2. The molecule has 0 saturated carbocycles. The van der Waals surface area contributed by atoms with Crippen LogP contribution in [0.4, 0.5) is 0 Å². The van der Waals surface area contributed by atoms with Crippen molar-refractivity contribution in [2.75, 3.05) is 69.9 Å². The Labute approximate surface area is 565 Å². The van der Waals surface area contributed by atoms with Crippen molar-refractivity contribution in [3.8, 4) is 0 Å². The SMILES string of the molecule is CC(C)CCC(=O)N1C[C@H](OC(C)C)C[C@H]1COC(C)C.CC(C)CCCSSCC(=O)N1C[C@H](OC(C)C)C[C@H]1COC(C)C.CC(C)OC[C@@H]1C[C@@H](OC(C)C)CN1C(=O)CC(=O)C(C)C.CC(C)OC[C@@H]1C[C@@H](OC(C)C)CN1C(=O)CSSC(C)C. The number of rotatable bonds is 37. The fourth-order valence-electron chi connectivity index (χ4n) is 10.6. The van der Waals surface area contributed by atoms with E-state index in [1.54, 1.807) is 37.3 Å². The van der Waals surface area contributed by atoms with Gasteiger partial charge in [0.15, 0.2) is 0 Å². The van der Waals surface area contributed by atoms with Crippen LogP contribution in [0.3, 0.4) is 0 Å². The van der Waals surface area contributed by atoms with Gasteiger partial charge in [-0.3, -0.25) is 24.0 Å². The second kappa shape index (κ2) is 47.5. The molecule has 8 atom stereocenters. The summed E-state index contributed by atoms with van der Waals surface area (Å²) in [5, 5.41) is 0.536. The number of hydrogen-bond acceptors (Lipinski definition) is 17. The summed E-state index contributed by atoms with van der Waals surface area (Å²) in [5.74, 6) is 3.94. The van der Waals surface area contributed by atoms with Crippen LogP contribution in [-0.4, -0.2) is 222 Å². The fraction of sp³-hybridized carbons (Fsp3) is 0.928. The van der Waals surface area contributed by atoms with E-state index in [4.69, 9.17) is 37.9 Å². The second-order valence-corrected chi connectivity index (χ2v) is 33.8. The van der Waals surface area contributed by atoms with Crippen molar-refractivity contribution in [1.29, 1.82) is 0 Å². The van der Waals surface area contributed by atoms with Gasteiger partial charge >= 0.3 is 0 Å². The predicted molar refractivity (Wildman–Crippen MR) is 378 cm³/mol. The molecule has 0 unspecified atom stereocenters. The summed E-state index contributed by atoms with van der Waals surface area (Å²) >= 11 is 0. The average Bonchev–Trinajstić information content (AvgIpc) is 4.37. The van der Waals surface area contributed by atoms with Gasteiger partial charge in [-0.2, -0.15) is 0 Å². The summed E-state index contributed by atoms with van der Waals surface area (Å²) in [6.07, 6.45) is 9.30. The molecule has 4 amide bonds.